The van der Waals surface area contributed by atoms with Crippen LogP contribution in [0.3, 0.4) is 0 Å². The van der Waals surface area contributed by atoms with E-state index in [1.54, 1.807) is 13.8 Å². The average molecular weight is 327 g/mol. The van der Waals surface area contributed by atoms with Gasteiger partial charge in [-0.15, -0.1) is 0 Å². The highest BCUT2D eigenvalue weighted by atomic mass is 35.5. The summed E-state index contributed by atoms with van der Waals surface area (Å²) in [6, 6.07) is 2.99. The lowest BCUT2D eigenvalue weighted by molar-refractivity contribution is -0.190. The van der Waals surface area contributed by atoms with E-state index in [1.807, 2.05) is 6.92 Å². The van der Waals surface area contributed by atoms with Crippen molar-refractivity contribution in [2.45, 2.75) is 38.8 Å². The van der Waals surface area contributed by atoms with Gasteiger partial charge >= 0.3 is 5.97 Å². The van der Waals surface area contributed by atoms with Gasteiger partial charge < -0.3 is 15.2 Å². The van der Waals surface area contributed by atoms with E-state index in [0.29, 0.717) is 11.6 Å². The maximum absolute atomic E-state index is 12.3. The molecule has 1 aromatic heterocycles. The van der Waals surface area contributed by atoms with Crippen LogP contribution in [-0.4, -0.2) is 40.2 Å². The molecule has 0 saturated heterocycles. The van der Waals surface area contributed by atoms with Crippen molar-refractivity contribution in [3.8, 4) is 0 Å². The number of carboxylic acids is 1. The van der Waals surface area contributed by atoms with Gasteiger partial charge in [-0.2, -0.15) is 0 Å². The fourth-order valence-electron chi connectivity index (χ4n) is 2.80. The normalized spacial score (nSPS) is 26.1. The number of hydrogen-bond donors (Lipinski definition) is 2. The topological polar surface area (TPSA) is 88.5 Å². The highest BCUT2D eigenvalue weighted by Gasteiger charge is 2.66. The van der Waals surface area contributed by atoms with Gasteiger partial charge in [0.2, 0.25) is 0 Å². The molecular formula is C15H19ClN2O4. The van der Waals surface area contributed by atoms with Crippen LogP contribution < -0.4 is 5.32 Å². The number of ether oxygens (including phenoxy) is 1. The van der Waals surface area contributed by atoms with Gasteiger partial charge in [0.05, 0.1) is 11.1 Å². The number of amides is 1. The first-order chi connectivity index (χ1) is 10.2. The van der Waals surface area contributed by atoms with Crippen molar-refractivity contribution < 1.29 is 19.4 Å². The Morgan fingerprint density at radius 3 is 2.64 bits per heavy atom. The third-order valence-electron chi connectivity index (χ3n) is 4.42. The predicted octanol–water partition coefficient (Wildman–Crippen LogP) is 2.12. The van der Waals surface area contributed by atoms with Gasteiger partial charge in [-0.3, -0.25) is 4.79 Å². The molecule has 1 saturated carbocycles. The Kier molecular flexibility index (Phi) is 4.44. The van der Waals surface area contributed by atoms with Crippen molar-refractivity contribution in [1.82, 2.24) is 10.3 Å². The third kappa shape index (κ3) is 2.57. The summed E-state index contributed by atoms with van der Waals surface area (Å²) in [6.45, 7) is 5.91. The molecule has 2 N–H and O–H groups in total. The highest BCUT2D eigenvalue weighted by molar-refractivity contribution is 6.30. The van der Waals surface area contributed by atoms with Crippen molar-refractivity contribution in [2.75, 3.05) is 6.61 Å². The zero-order valence-corrected chi connectivity index (χ0v) is 13.5. The van der Waals surface area contributed by atoms with Gasteiger partial charge in [0, 0.05) is 24.6 Å². The Bertz CT molecular complexity index is 588. The molecule has 1 fully saturated rings. The van der Waals surface area contributed by atoms with E-state index in [0.717, 1.165) is 0 Å². The molecule has 2 atom stereocenters. The van der Waals surface area contributed by atoms with Crippen LogP contribution in [0.15, 0.2) is 18.3 Å². The van der Waals surface area contributed by atoms with Gasteiger partial charge in [0.1, 0.15) is 11.2 Å². The molecule has 2 unspecified atom stereocenters. The number of hydrogen-bond acceptors (Lipinski definition) is 4. The molecule has 0 radical (unpaired) electrons. The van der Waals surface area contributed by atoms with Gasteiger partial charge in [0.15, 0.2) is 0 Å². The predicted molar refractivity (Wildman–Crippen MR) is 80.9 cm³/mol. The summed E-state index contributed by atoms with van der Waals surface area (Å²) < 4.78 is 5.55. The molecule has 2 rings (SSSR count). The fourth-order valence-corrected chi connectivity index (χ4v) is 2.92. The maximum Gasteiger partial charge on any atom is 0.330 e. The SMILES string of the molecule is CCOC1CC(NC(=O)c2ccc(Cl)cn2)(C(=O)O)C1(C)C. The highest BCUT2D eigenvalue weighted by Crippen LogP contribution is 2.51. The Hall–Kier alpha value is -1.66. The number of nitrogens with one attached hydrogen (secondary N) is 1. The van der Waals surface area contributed by atoms with Gasteiger partial charge in [-0.25, -0.2) is 9.78 Å². The van der Waals surface area contributed by atoms with Crippen molar-refractivity contribution in [1.29, 1.82) is 0 Å². The van der Waals surface area contributed by atoms with Crippen molar-refractivity contribution in [3.63, 3.8) is 0 Å². The monoisotopic (exact) mass is 326 g/mol. The third-order valence-corrected chi connectivity index (χ3v) is 4.64. The molecule has 7 heteroatoms. The van der Waals surface area contributed by atoms with Gasteiger partial charge in [-0.1, -0.05) is 25.4 Å². The lowest BCUT2D eigenvalue weighted by atomic mass is 9.54. The van der Waals surface area contributed by atoms with Crippen LogP contribution >= 0.6 is 11.6 Å². The number of halogens is 1. The van der Waals surface area contributed by atoms with Crippen molar-refractivity contribution >= 4 is 23.5 Å². The van der Waals surface area contributed by atoms with E-state index in [9.17, 15) is 14.7 Å². The minimum absolute atomic E-state index is 0.126. The van der Waals surface area contributed by atoms with Gasteiger partial charge in [-0.05, 0) is 19.1 Å². The van der Waals surface area contributed by atoms with E-state index in [-0.39, 0.29) is 18.2 Å². The Morgan fingerprint density at radius 1 is 1.50 bits per heavy atom. The average Bonchev–Trinajstić information content (AvgIpc) is 2.46. The largest absolute Gasteiger partial charge is 0.479 e. The minimum atomic E-state index is -1.37. The fraction of sp³-hybridized carbons (Fsp3) is 0.533. The minimum Gasteiger partial charge on any atom is -0.479 e. The molecule has 0 aromatic carbocycles. The van der Waals surface area contributed by atoms with Crippen LogP contribution in [0, 0.1) is 5.41 Å². The van der Waals surface area contributed by atoms with E-state index in [2.05, 4.69) is 10.3 Å². The van der Waals surface area contributed by atoms with Crippen LogP contribution in [0.25, 0.3) is 0 Å². The molecule has 1 aliphatic rings. The lowest BCUT2D eigenvalue weighted by Gasteiger charge is -2.58. The maximum atomic E-state index is 12.3. The van der Waals surface area contributed by atoms with E-state index in [4.69, 9.17) is 16.3 Å². The molecule has 1 heterocycles. The molecule has 6 nitrogen and oxygen atoms in total. The quantitative estimate of drug-likeness (QED) is 0.865. The summed E-state index contributed by atoms with van der Waals surface area (Å²) in [6.07, 6.45) is 1.36. The smallest absolute Gasteiger partial charge is 0.330 e. The molecule has 0 bridgehead atoms. The molecule has 120 valence electrons. The second kappa shape index (κ2) is 5.85. The first kappa shape index (κ1) is 16.7. The number of pyridine rings is 1. The summed E-state index contributed by atoms with van der Waals surface area (Å²) in [5.74, 6) is -1.61. The Labute approximate surface area is 133 Å². The van der Waals surface area contributed by atoms with Crippen LogP contribution in [-0.2, 0) is 9.53 Å². The molecular weight excluding hydrogens is 308 g/mol. The summed E-state index contributed by atoms with van der Waals surface area (Å²) in [5, 5.41) is 12.7. The lowest BCUT2D eigenvalue weighted by Crippen LogP contribution is -2.76. The Balaban J connectivity index is 2.22. The second-order valence-electron chi connectivity index (χ2n) is 5.90. The van der Waals surface area contributed by atoms with E-state index >= 15 is 0 Å². The summed E-state index contributed by atoms with van der Waals surface area (Å²) in [5.41, 5.74) is -1.97. The second-order valence-corrected chi connectivity index (χ2v) is 6.33. The van der Waals surface area contributed by atoms with Crippen molar-refractivity contribution in [3.05, 3.63) is 29.0 Å². The summed E-state index contributed by atoms with van der Waals surface area (Å²) in [4.78, 5) is 28.0. The molecule has 1 aromatic rings. The number of aromatic nitrogens is 1. The Morgan fingerprint density at radius 2 is 2.18 bits per heavy atom. The van der Waals surface area contributed by atoms with E-state index < -0.39 is 22.8 Å². The zero-order chi connectivity index (χ0) is 16.5. The van der Waals surface area contributed by atoms with Gasteiger partial charge in [0.25, 0.3) is 5.91 Å². The standard InChI is InChI=1S/C15H19ClN2O4/c1-4-22-11-7-15(13(20)21,14(11,2)3)18-12(19)10-6-5-9(16)8-17-10/h5-6,8,11H,4,7H2,1-3H3,(H,18,19)(H,20,21). The molecule has 22 heavy (non-hydrogen) atoms. The number of rotatable bonds is 5. The molecule has 0 aliphatic heterocycles. The number of nitrogens with zero attached hydrogens (tertiary/aromatic N) is 1. The number of carbonyl (C=O) groups is 2. The number of aliphatic carboxylic acids is 1. The number of carboxylic acid groups (broad SMARTS) is 1. The molecule has 1 amide bonds. The summed E-state index contributed by atoms with van der Waals surface area (Å²) in [7, 11) is 0. The first-order valence-electron chi connectivity index (χ1n) is 7.03. The molecule has 1 aliphatic carbocycles. The van der Waals surface area contributed by atoms with Crippen LogP contribution in [0.5, 0.6) is 0 Å². The molecule has 0 spiro atoms. The zero-order valence-electron chi connectivity index (χ0n) is 12.7. The van der Waals surface area contributed by atoms with Crippen LogP contribution in [0.1, 0.15) is 37.7 Å². The van der Waals surface area contributed by atoms with E-state index in [1.165, 1.54) is 18.3 Å². The number of carbonyl (C=O) groups excluding carboxylic acids is 1. The summed E-state index contributed by atoms with van der Waals surface area (Å²) >= 11 is 5.73. The van der Waals surface area contributed by atoms with Crippen LogP contribution in [0.2, 0.25) is 5.02 Å². The first-order valence-corrected chi connectivity index (χ1v) is 7.41. The van der Waals surface area contributed by atoms with Crippen LogP contribution in [0.4, 0.5) is 0 Å². The van der Waals surface area contributed by atoms with Crippen molar-refractivity contribution in [2.24, 2.45) is 5.41 Å².